The number of H-pyrrole nitrogens is 1. The number of hydrogen-bond donors (Lipinski definition) is 2. The molecule has 0 spiro atoms. The van der Waals surface area contributed by atoms with E-state index in [0.717, 1.165) is 0 Å². The first-order chi connectivity index (χ1) is 4.75. The molecule has 0 aliphatic carbocycles. The van der Waals surface area contributed by atoms with Gasteiger partial charge in [-0.2, -0.15) is 0 Å². The fraction of sp³-hybridized carbons (Fsp3) is 0.167. The highest BCUT2D eigenvalue weighted by Gasteiger charge is 2.00. The summed E-state index contributed by atoms with van der Waals surface area (Å²) in [5.41, 5.74) is 0.111. The van der Waals surface area contributed by atoms with Crippen LogP contribution in [-0.4, -0.2) is 10.1 Å². The summed E-state index contributed by atoms with van der Waals surface area (Å²) in [5.74, 6) is 0. The molecule has 2 N–H and O–H groups in total. The van der Waals surface area contributed by atoms with Gasteiger partial charge in [0.1, 0.15) is 0 Å². The zero-order valence-electron chi connectivity index (χ0n) is 5.10. The zero-order chi connectivity index (χ0) is 7.56. The number of pyridine rings is 1. The summed E-state index contributed by atoms with van der Waals surface area (Å²) in [6.45, 7) is -0.239. The van der Waals surface area contributed by atoms with E-state index in [9.17, 15) is 4.79 Å². The lowest BCUT2D eigenvalue weighted by molar-refractivity contribution is 0.279. The molecule has 0 bridgehead atoms. The fourth-order valence-corrected chi connectivity index (χ4v) is 1.07. The highest BCUT2D eigenvalue weighted by molar-refractivity contribution is 9.10. The minimum absolute atomic E-state index is 0.239. The van der Waals surface area contributed by atoms with Crippen molar-refractivity contribution in [3.63, 3.8) is 0 Å². The van der Waals surface area contributed by atoms with Crippen LogP contribution in [0.1, 0.15) is 5.56 Å². The minimum atomic E-state index is -0.253. The largest absolute Gasteiger partial charge is 0.391 e. The molecule has 0 aliphatic heterocycles. The van der Waals surface area contributed by atoms with Gasteiger partial charge in [0.15, 0.2) is 0 Å². The van der Waals surface area contributed by atoms with E-state index in [1.165, 1.54) is 6.20 Å². The Bertz CT molecular complexity index is 281. The van der Waals surface area contributed by atoms with Gasteiger partial charge in [-0.1, -0.05) is 15.9 Å². The summed E-state index contributed by atoms with van der Waals surface area (Å²) < 4.78 is 0.638. The Morgan fingerprint density at radius 3 is 2.80 bits per heavy atom. The van der Waals surface area contributed by atoms with E-state index in [-0.39, 0.29) is 12.2 Å². The molecule has 4 heteroatoms. The Morgan fingerprint density at radius 2 is 2.40 bits per heavy atom. The molecule has 0 aliphatic rings. The molecule has 1 aromatic rings. The van der Waals surface area contributed by atoms with Gasteiger partial charge in [0.2, 0.25) is 0 Å². The van der Waals surface area contributed by atoms with Crippen LogP contribution < -0.4 is 5.56 Å². The highest BCUT2D eigenvalue weighted by Crippen LogP contribution is 2.10. The molecule has 0 aromatic carbocycles. The molecule has 0 amide bonds. The summed E-state index contributed by atoms with van der Waals surface area (Å²) >= 11 is 3.13. The maximum Gasteiger partial charge on any atom is 0.254 e. The average Bonchev–Trinajstić information content (AvgIpc) is 1.88. The van der Waals surface area contributed by atoms with Gasteiger partial charge < -0.3 is 10.1 Å². The summed E-state index contributed by atoms with van der Waals surface area (Å²) in [7, 11) is 0. The molecule has 0 atom stereocenters. The van der Waals surface area contributed by atoms with E-state index in [1.54, 1.807) is 6.07 Å². The standard InChI is InChI=1S/C6H6BrNO2/c7-5-1-2-8-6(10)4(5)3-9/h1-2,9H,3H2,(H,8,10). The van der Waals surface area contributed by atoms with E-state index >= 15 is 0 Å². The molecule has 0 fully saturated rings. The Morgan fingerprint density at radius 1 is 1.70 bits per heavy atom. The predicted octanol–water partition coefficient (Wildman–Crippen LogP) is 0.630. The molecule has 1 aromatic heterocycles. The van der Waals surface area contributed by atoms with Gasteiger partial charge >= 0.3 is 0 Å². The topological polar surface area (TPSA) is 53.1 Å². The van der Waals surface area contributed by atoms with Crippen molar-refractivity contribution in [3.8, 4) is 0 Å². The van der Waals surface area contributed by atoms with Crippen LogP contribution in [0.25, 0.3) is 0 Å². The molecule has 1 heterocycles. The Balaban J connectivity index is 3.31. The van der Waals surface area contributed by atoms with E-state index in [4.69, 9.17) is 5.11 Å². The maximum absolute atomic E-state index is 10.8. The van der Waals surface area contributed by atoms with Crippen molar-refractivity contribution in [1.29, 1.82) is 0 Å². The van der Waals surface area contributed by atoms with Crippen molar-refractivity contribution in [1.82, 2.24) is 4.98 Å². The number of hydrogen-bond acceptors (Lipinski definition) is 2. The summed E-state index contributed by atoms with van der Waals surface area (Å²) in [5, 5.41) is 8.65. The molecular weight excluding hydrogens is 198 g/mol. The first-order valence-electron chi connectivity index (χ1n) is 2.72. The van der Waals surface area contributed by atoms with Gasteiger partial charge in [0.05, 0.1) is 12.2 Å². The Kier molecular flexibility index (Phi) is 2.24. The maximum atomic E-state index is 10.8. The van der Waals surface area contributed by atoms with Crippen molar-refractivity contribution in [2.45, 2.75) is 6.61 Å². The molecular formula is C6H6BrNO2. The van der Waals surface area contributed by atoms with Crippen molar-refractivity contribution in [2.24, 2.45) is 0 Å². The van der Waals surface area contributed by atoms with Crippen molar-refractivity contribution < 1.29 is 5.11 Å². The van der Waals surface area contributed by atoms with Crippen LogP contribution in [-0.2, 0) is 6.61 Å². The first-order valence-corrected chi connectivity index (χ1v) is 3.52. The summed E-state index contributed by atoms with van der Waals surface area (Å²) in [6, 6.07) is 1.67. The van der Waals surface area contributed by atoms with Crippen LogP contribution >= 0.6 is 15.9 Å². The van der Waals surface area contributed by atoms with Crippen LogP contribution in [0.3, 0.4) is 0 Å². The number of aliphatic hydroxyl groups excluding tert-OH is 1. The van der Waals surface area contributed by atoms with Crippen LogP contribution in [0.4, 0.5) is 0 Å². The molecule has 10 heavy (non-hydrogen) atoms. The molecule has 0 saturated heterocycles. The number of nitrogens with one attached hydrogen (secondary N) is 1. The average molecular weight is 204 g/mol. The van der Waals surface area contributed by atoms with E-state index in [0.29, 0.717) is 10.0 Å². The zero-order valence-corrected chi connectivity index (χ0v) is 6.68. The van der Waals surface area contributed by atoms with Gasteiger partial charge in [0, 0.05) is 10.7 Å². The van der Waals surface area contributed by atoms with E-state index in [1.807, 2.05) is 0 Å². The second-order valence-corrected chi connectivity index (χ2v) is 2.65. The van der Waals surface area contributed by atoms with Gasteiger partial charge in [-0.25, -0.2) is 0 Å². The van der Waals surface area contributed by atoms with Crippen LogP contribution in [0, 0.1) is 0 Å². The number of aliphatic hydroxyl groups is 1. The molecule has 0 radical (unpaired) electrons. The quantitative estimate of drug-likeness (QED) is 0.704. The van der Waals surface area contributed by atoms with Gasteiger partial charge in [-0.05, 0) is 6.07 Å². The lowest BCUT2D eigenvalue weighted by Gasteiger charge is -1.95. The summed E-state index contributed by atoms with van der Waals surface area (Å²) in [6.07, 6.45) is 1.52. The second kappa shape index (κ2) is 2.98. The van der Waals surface area contributed by atoms with Crippen molar-refractivity contribution in [3.05, 3.63) is 32.7 Å². The molecule has 0 saturated carbocycles. The number of rotatable bonds is 1. The Labute approximate surface area is 65.8 Å². The van der Waals surface area contributed by atoms with Crippen LogP contribution in [0.15, 0.2) is 21.5 Å². The number of aromatic nitrogens is 1. The third-order valence-corrected chi connectivity index (χ3v) is 1.91. The minimum Gasteiger partial charge on any atom is -0.391 e. The fourth-order valence-electron chi connectivity index (χ4n) is 0.634. The Hall–Kier alpha value is -0.610. The molecule has 0 unspecified atom stereocenters. The third kappa shape index (κ3) is 1.27. The van der Waals surface area contributed by atoms with Crippen molar-refractivity contribution in [2.75, 3.05) is 0 Å². The smallest absolute Gasteiger partial charge is 0.254 e. The number of aromatic amines is 1. The van der Waals surface area contributed by atoms with Gasteiger partial charge in [-0.3, -0.25) is 4.79 Å². The number of halogens is 1. The summed E-state index contributed by atoms with van der Waals surface area (Å²) in [4.78, 5) is 13.3. The van der Waals surface area contributed by atoms with E-state index < -0.39 is 0 Å². The predicted molar refractivity (Wildman–Crippen MR) is 40.7 cm³/mol. The lowest BCUT2D eigenvalue weighted by Crippen LogP contribution is -2.11. The van der Waals surface area contributed by atoms with Crippen LogP contribution in [0.5, 0.6) is 0 Å². The SMILES string of the molecule is O=c1[nH]ccc(Br)c1CO. The van der Waals surface area contributed by atoms with Crippen LogP contribution in [0.2, 0.25) is 0 Å². The van der Waals surface area contributed by atoms with Gasteiger partial charge in [0.25, 0.3) is 5.56 Å². The molecule has 3 nitrogen and oxygen atoms in total. The highest BCUT2D eigenvalue weighted by atomic mass is 79.9. The molecule has 54 valence electrons. The molecule has 1 rings (SSSR count). The second-order valence-electron chi connectivity index (χ2n) is 1.79. The monoisotopic (exact) mass is 203 g/mol. The van der Waals surface area contributed by atoms with Gasteiger partial charge in [-0.15, -0.1) is 0 Å². The third-order valence-electron chi connectivity index (χ3n) is 1.16. The lowest BCUT2D eigenvalue weighted by atomic mass is 10.3. The van der Waals surface area contributed by atoms with E-state index in [2.05, 4.69) is 20.9 Å². The first kappa shape index (κ1) is 7.50. The van der Waals surface area contributed by atoms with Crippen molar-refractivity contribution >= 4 is 15.9 Å². The normalized spacial score (nSPS) is 9.80.